The van der Waals surface area contributed by atoms with Crippen molar-refractivity contribution in [3.05, 3.63) is 215 Å². The average molecular weight is 885 g/mol. The zero-order valence-corrected chi connectivity index (χ0v) is 38.3. The van der Waals surface area contributed by atoms with Crippen LogP contribution < -0.4 is 9.80 Å². The molecule has 0 saturated heterocycles. The third-order valence-electron chi connectivity index (χ3n) is 12.8. The Hall–Kier alpha value is -6.28. The molecule has 4 aromatic heterocycles. The quantitative estimate of drug-likeness (QED) is 0.121. The van der Waals surface area contributed by atoms with Crippen molar-refractivity contribution in [2.45, 2.75) is 32.1 Å². The maximum atomic E-state index is 2.49. The average Bonchev–Trinajstić information content (AvgIpc) is 4.21. The van der Waals surface area contributed by atoms with Crippen LogP contribution in [0.25, 0.3) is 52.9 Å². The molecule has 2 nitrogen and oxygen atoms in total. The van der Waals surface area contributed by atoms with E-state index in [1.807, 2.05) is 0 Å². The summed E-state index contributed by atoms with van der Waals surface area (Å²) in [7, 11) is 0. The summed E-state index contributed by atoms with van der Waals surface area (Å²) in [6.07, 6.45) is 1.99. The zero-order valence-electron chi connectivity index (χ0n) is 35.1. The highest BCUT2D eigenvalue weighted by molar-refractivity contribution is 7.14. The zero-order chi connectivity index (χ0) is 42.3. The molecule has 0 aliphatic heterocycles. The maximum absolute atomic E-state index is 2.49. The van der Waals surface area contributed by atoms with E-state index in [0.717, 1.165) is 35.6 Å². The molecular weight excluding hydrogens is 841 g/mol. The molecule has 1 aliphatic carbocycles. The fourth-order valence-electron chi connectivity index (χ4n) is 9.53. The van der Waals surface area contributed by atoms with Gasteiger partial charge in [0, 0.05) is 59.0 Å². The molecule has 63 heavy (non-hydrogen) atoms. The van der Waals surface area contributed by atoms with Gasteiger partial charge in [-0.2, -0.15) is 0 Å². The van der Waals surface area contributed by atoms with Gasteiger partial charge in [-0.05, 0) is 176 Å². The van der Waals surface area contributed by atoms with Gasteiger partial charge in [0.25, 0.3) is 0 Å². The third kappa shape index (κ3) is 7.17. The Bertz CT molecular complexity index is 2720. The van der Waals surface area contributed by atoms with Gasteiger partial charge in [0.15, 0.2) is 0 Å². The molecule has 0 saturated carbocycles. The first-order valence-electron chi connectivity index (χ1n) is 21.6. The van der Waals surface area contributed by atoms with Crippen molar-refractivity contribution in [2.75, 3.05) is 9.80 Å². The summed E-state index contributed by atoms with van der Waals surface area (Å²) in [5, 5.41) is 8.59. The molecular formula is C57H44N2S4. The summed E-state index contributed by atoms with van der Waals surface area (Å²) in [4.78, 5) is 9.99. The van der Waals surface area contributed by atoms with Crippen LogP contribution in [-0.2, 0) is 5.41 Å². The first-order chi connectivity index (χ1) is 31.1. The highest BCUT2D eigenvalue weighted by Gasteiger charge is 2.41. The predicted octanol–water partition coefficient (Wildman–Crippen LogP) is 18.6. The van der Waals surface area contributed by atoms with E-state index in [1.165, 1.54) is 75.4 Å². The van der Waals surface area contributed by atoms with Crippen molar-refractivity contribution in [2.24, 2.45) is 0 Å². The largest absolute Gasteiger partial charge is 0.310 e. The Balaban J connectivity index is 1.01. The molecule has 6 heteroatoms. The van der Waals surface area contributed by atoms with Crippen LogP contribution in [0.5, 0.6) is 0 Å². The first kappa shape index (κ1) is 39.6. The molecule has 0 amide bonds. The summed E-state index contributed by atoms with van der Waals surface area (Å²) < 4.78 is 0. The number of hydrogen-bond donors (Lipinski definition) is 0. The monoisotopic (exact) mass is 884 g/mol. The lowest BCUT2D eigenvalue weighted by molar-refractivity contribution is 0.490. The second kappa shape index (κ2) is 16.8. The van der Waals surface area contributed by atoms with Crippen molar-refractivity contribution in [1.82, 2.24) is 0 Å². The standard InChI is InChI=1S/C57H44N2S4/c1-3-57(4-2)51-37-47(58(43-21-13-39(14-22-43)53-9-5-33-60-53)44-23-15-40(16-24-44)54-10-6-34-61-54)29-31-49(51)50-32-30-48(38-52(50)57)59(45-25-17-41(18-26-45)55-11-7-35-62-55)46-27-19-42(20-28-46)56-12-8-36-63-56/h5-38H,3-4H2,1-2H3. The maximum Gasteiger partial charge on any atom is 0.0465 e. The Kier molecular flexibility index (Phi) is 10.5. The van der Waals surface area contributed by atoms with Crippen LogP contribution in [0.2, 0.25) is 0 Å². The minimum Gasteiger partial charge on any atom is -0.310 e. The van der Waals surface area contributed by atoms with Gasteiger partial charge in [-0.15, -0.1) is 45.3 Å². The SMILES string of the molecule is CCC1(CC)c2cc(N(c3ccc(-c4cccs4)cc3)c3ccc(-c4cccs4)cc3)ccc2-c2ccc(N(c3ccc(-c4cccs4)cc3)c3ccc(-c4cccs4)cc3)cc21. The van der Waals surface area contributed by atoms with Crippen LogP contribution in [0.4, 0.5) is 34.1 Å². The molecule has 0 atom stereocenters. The lowest BCUT2D eigenvalue weighted by atomic mass is 9.73. The fraction of sp³-hybridized carbons (Fsp3) is 0.0877. The van der Waals surface area contributed by atoms with E-state index in [2.05, 4.69) is 227 Å². The Morgan fingerprint density at radius 2 is 0.603 bits per heavy atom. The van der Waals surface area contributed by atoms with E-state index in [4.69, 9.17) is 0 Å². The van der Waals surface area contributed by atoms with Gasteiger partial charge < -0.3 is 9.80 Å². The van der Waals surface area contributed by atoms with E-state index in [1.54, 1.807) is 45.3 Å². The molecule has 6 aromatic carbocycles. The van der Waals surface area contributed by atoms with Gasteiger partial charge >= 0.3 is 0 Å². The molecule has 10 aromatic rings. The second-order valence-corrected chi connectivity index (χ2v) is 19.8. The predicted molar refractivity (Wildman–Crippen MR) is 276 cm³/mol. The summed E-state index contributed by atoms with van der Waals surface area (Å²) in [5.41, 5.74) is 17.2. The fourth-order valence-corrected chi connectivity index (χ4v) is 12.5. The molecule has 0 radical (unpaired) electrons. The summed E-state index contributed by atoms with van der Waals surface area (Å²) in [5.74, 6) is 0. The van der Waals surface area contributed by atoms with E-state index < -0.39 is 0 Å². The molecule has 0 bridgehead atoms. The van der Waals surface area contributed by atoms with E-state index >= 15 is 0 Å². The van der Waals surface area contributed by atoms with Crippen molar-refractivity contribution in [1.29, 1.82) is 0 Å². The van der Waals surface area contributed by atoms with Crippen LogP contribution in [0.15, 0.2) is 204 Å². The molecule has 0 unspecified atom stereocenters. The van der Waals surface area contributed by atoms with Crippen LogP contribution in [0.1, 0.15) is 37.8 Å². The Morgan fingerprint density at radius 3 is 0.841 bits per heavy atom. The van der Waals surface area contributed by atoms with Crippen LogP contribution in [-0.4, -0.2) is 0 Å². The van der Waals surface area contributed by atoms with Gasteiger partial charge in [0.1, 0.15) is 0 Å². The van der Waals surface area contributed by atoms with Crippen molar-refractivity contribution in [3.63, 3.8) is 0 Å². The smallest absolute Gasteiger partial charge is 0.0465 e. The number of benzene rings is 6. The number of anilines is 6. The topological polar surface area (TPSA) is 6.48 Å². The minimum absolute atomic E-state index is 0.161. The number of rotatable bonds is 12. The lowest BCUT2D eigenvalue weighted by Gasteiger charge is -2.33. The molecule has 0 fully saturated rings. The Labute approximate surface area is 386 Å². The van der Waals surface area contributed by atoms with Gasteiger partial charge in [-0.1, -0.05) is 98.8 Å². The normalized spacial score (nSPS) is 12.5. The highest BCUT2D eigenvalue weighted by Crippen LogP contribution is 2.56. The minimum atomic E-state index is -0.161. The number of fused-ring (bicyclic) bond motifs is 3. The number of nitrogens with zero attached hydrogens (tertiary/aromatic N) is 2. The van der Waals surface area contributed by atoms with E-state index in [-0.39, 0.29) is 5.41 Å². The van der Waals surface area contributed by atoms with Crippen LogP contribution in [0, 0.1) is 0 Å². The second-order valence-electron chi connectivity index (χ2n) is 16.0. The molecule has 11 rings (SSSR count). The molecule has 0 spiro atoms. The Morgan fingerprint density at radius 1 is 0.333 bits per heavy atom. The van der Waals surface area contributed by atoms with Crippen LogP contribution >= 0.6 is 45.3 Å². The molecule has 1 aliphatic rings. The number of thiophene rings is 4. The van der Waals surface area contributed by atoms with Gasteiger partial charge in [-0.3, -0.25) is 0 Å². The molecule has 4 heterocycles. The van der Waals surface area contributed by atoms with Gasteiger partial charge in [0.2, 0.25) is 0 Å². The van der Waals surface area contributed by atoms with Gasteiger partial charge in [0.05, 0.1) is 0 Å². The summed E-state index contributed by atoms with van der Waals surface area (Å²) in [6.45, 7) is 4.74. The first-order valence-corrected chi connectivity index (χ1v) is 25.1. The van der Waals surface area contributed by atoms with E-state index in [0.29, 0.717) is 0 Å². The van der Waals surface area contributed by atoms with Crippen molar-refractivity contribution < 1.29 is 0 Å². The lowest BCUT2D eigenvalue weighted by Crippen LogP contribution is -2.24. The van der Waals surface area contributed by atoms with Crippen LogP contribution in [0.3, 0.4) is 0 Å². The van der Waals surface area contributed by atoms with Crippen molar-refractivity contribution >= 4 is 79.5 Å². The number of hydrogen-bond acceptors (Lipinski definition) is 6. The summed E-state index contributed by atoms with van der Waals surface area (Å²) in [6, 6.07) is 68.0. The summed E-state index contributed by atoms with van der Waals surface area (Å²) >= 11 is 7.12. The molecule has 0 N–H and O–H groups in total. The third-order valence-corrected chi connectivity index (χ3v) is 16.5. The molecule has 306 valence electrons. The van der Waals surface area contributed by atoms with E-state index in [9.17, 15) is 0 Å². The van der Waals surface area contributed by atoms with Gasteiger partial charge in [-0.25, -0.2) is 0 Å². The van der Waals surface area contributed by atoms with Crippen molar-refractivity contribution in [3.8, 4) is 52.9 Å². The highest BCUT2D eigenvalue weighted by atomic mass is 32.1.